The fraction of sp³-hybridized carbons (Fsp3) is 0.0909. The van der Waals surface area contributed by atoms with Crippen LogP contribution in [-0.4, -0.2) is 9.55 Å². The first-order chi connectivity index (χ1) is 13.1. The molecule has 4 aromatic rings. The van der Waals surface area contributed by atoms with Gasteiger partial charge in [-0.3, -0.25) is 9.36 Å². The molecule has 0 amide bonds. The van der Waals surface area contributed by atoms with Gasteiger partial charge in [0.05, 0.1) is 16.6 Å². The quantitative estimate of drug-likeness (QED) is 0.333. The number of benzene rings is 3. The molecule has 5 heteroatoms. The lowest BCUT2D eigenvalue weighted by atomic mass is 10.2. The smallest absolute Gasteiger partial charge is 0.266 e. The van der Waals surface area contributed by atoms with E-state index in [0.717, 1.165) is 16.8 Å². The van der Waals surface area contributed by atoms with Gasteiger partial charge in [0, 0.05) is 10.8 Å². The summed E-state index contributed by atoms with van der Waals surface area (Å²) in [5.74, 6) is 0.702. The standard InChI is InChI=1S/C22H17ClN2OS/c1-15-6-12-18(13-7-15)25-21(26)19-4-2-3-5-20(19)24-22(25)27-14-16-8-10-17(23)11-9-16/h2-13H,14H2,1H3. The predicted molar refractivity (Wildman–Crippen MR) is 113 cm³/mol. The Bertz CT molecular complexity index is 1150. The third-order valence-corrected chi connectivity index (χ3v) is 5.58. The maximum Gasteiger partial charge on any atom is 0.266 e. The minimum Gasteiger partial charge on any atom is -0.268 e. The summed E-state index contributed by atoms with van der Waals surface area (Å²) in [6.07, 6.45) is 0. The van der Waals surface area contributed by atoms with Crippen LogP contribution < -0.4 is 5.56 Å². The maximum absolute atomic E-state index is 13.2. The Morgan fingerprint density at radius 1 is 0.963 bits per heavy atom. The van der Waals surface area contributed by atoms with E-state index in [-0.39, 0.29) is 5.56 Å². The van der Waals surface area contributed by atoms with Crippen LogP contribution in [0, 0.1) is 6.92 Å². The van der Waals surface area contributed by atoms with Crippen molar-refractivity contribution >= 4 is 34.3 Å². The van der Waals surface area contributed by atoms with Gasteiger partial charge in [-0.1, -0.05) is 65.3 Å². The molecule has 0 atom stereocenters. The molecule has 0 N–H and O–H groups in total. The van der Waals surface area contributed by atoms with E-state index in [2.05, 4.69) is 0 Å². The molecule has 0 aliphatic carbocycles. The van der Waals surface area contributed by atoms with Gasteiger partial charge < -0.3 is 0 Å². The average Bonchev–Trinajstić information content (AvgIpc) is 2.69. The van der Waals surface area contributed by atoms with Crippen LogP contribution in [0.2, 0.25) is 5.02 Å². The van der Waals surface area contributed by atoms with E-state index in [1.165, 1.54) is 0 Å². The maximum atomic E-state index is 13.2. The summed E-state index contributed by atoms with van der Waals surface area (Å²) in [4.78, 5) is 18.0. The molecule has 1 aromatic heterocycles. The number of thioether (sulfide) groups is 1. The topological polar surface area (TPSA) is 34.9 Å². The minimum absolute atomic E-state index is 0.0527. The van der Waals surface area contributed by atoms with Crippen molar-refractivity contribution in [3.63, 3.8) is 0 Å². The Labute approximate surface area is 166 Å². The highest BCUT2D eigenvalue weighted by Crippen LogP contribution is 2.25. The average molecular weight is 393 g/mol. The largest absolute Gasteiger partial charge is 0.268 e. The zero-order chi connectivity index (χ0) is 18.8. The Hall–Kier alpha value is -2.56. The summed E-state index contributed by atoms with van der Waals surface area (Å²) in [5, 5.41) is 2.01. The zero-order valence-electron chi connectivity index (χ0n) is 14.7. The van der Waals surface area contributed by atoms with Crippen molar-refractivity contribution in [3.05, 3.63) is 99.3 Å². The van der Waals surface area contributed by atoms with E-state index in [0.29, 0.717) is 26.8 Å². The highest BCUT2D eigenvalue weighted by molar-refractivity contribution is 7.98. The lowest BCUT2D eigenvalue weighted by Crippen LogP contribution is -2.21. The molecule has 0 spiro atoms. The third kappa shape index (κ3) is 3.77. The van der Waals surface area contributed by atoms with Gasteiger partial charge in [0.1, 0.15) is 0 Å². The highest BCUT2D eigenvalue weighted by Gasteiger charge is 2.13. The molecule has 4 rings (SSSR count). The Kier molecular flexibility index (Phi) is 5.01. The fourth-order valence-electron chi connectivity index (χ4n) is 2.86. The van der Waals surface area contributed by atoms with Crippen molar-refractivity contribution in [2.24, 2.45) is 0 Å². The first kappa shape index (κ1) is 17.8. The van der Waals surface area contributed by atoms with Crippen molar-refractivity contribution in [2.75, 3.05) is 0 Å². The molecule has 134 valence electrons. The number of aromatic nitrogens is 2. The van der Waals surface area contributed by atoms with Crippen molar-refractivity contribution in [1.82, 2.24) is 9.55 Å². The van der Waals surface area contributed by atoms with Crippen LogP contribution in [-0.2, 0) is 5.75 Å². The van der Waals surface area contributed by atoms with Gasteiger partial charge in [-0.25, -0.2) is 4.98 Å². The van der Waals surface area contributed by atoms with E-state index in [1.54, 1.807) is 16.3 Å². The highest BCUT2D eigenvalue weighted by atomic mass is 35.5. The van der Waals surface area contributed by atoms with E-state index < -0.39 is 0 Å². The molecule has 0 bridgehead atoms. The SMILES string of the molecule is Cc1ccc(-n2c(SCc3ccc(Cl)cc3)nc3ccccc3c2=O)cc1. The van der Waals surface area contributed by atoms with Crippen molar-refractivity contribution in [3.8, 4) is 5.69 Å². The second kappa shape index (κ2) is 7.59. The van der Waals surface area contributed by atoms with Crippen LogP contribution in [0.15, 0.2) is 82.7 Å². The van der Waals surface area contributed by atoms with Crippen LogP contribution in [0.25, 0.3) is 16.6 Å². The summed E-state index contributed by atoms with van der Waals surface area (Å²) < 4.78 is 1.70. The summed E-state index contributed by atoms with van der Waals surface area (Å²) in [6.45, 7) is 2.03. The van der Waals surface area contributed by atoms with Gasteiger partial charge >= 0.3 is 0 Å². The number of nitrogens with zero attached hydrogens (tertiary/aromatic N) is 2. The molecule has 0 saturated heterocycles. The van der Waals surface area contributed by atoms with Crippen LogP contribution in [0.4, 0.5) is 0 Å². The molecule has 3 aromatic carbocycles. The first-order valence-corrected chi connectivity index (χ1v) is 9.94. The molecule has 3 nitrogen and oxygen atoms in total. The molecule has 0 radical (unpaired) electrons. The third-order valence-electron chi connectivity index (χ3n) is 4.32. The van der Waals surface area contributed by atoms with Gasteiger partial charge in [0.2, 0.25) is 0 Å². The lowest BCUT2D eigenvalue weighted by molar-refractivity contribution is 0.819. The number of hydrogen-bond donors (Lipinski definition) is 0. The molecule has 0 unspecified atom stereocenters. The van der Waals surface area contributed by atoms with E-state index in [9.17, 15) is 4.79 Å². The molecule has 0 aliphatic heterocycles. The predicted octanol–water partition coefficient (Wildman–Crippen LogP) is 5.64. The summed E-state index contributed by atoms with van der Waals surface area (Å²) in [6, 6.07) is 23.1. The second-order valence-electron chi connectivity index (χ2n) is 6.30. The minimum atomic E-state index is -0.0527. The molecule has 27 heavy (non-hydrogen) atoms. The van der Waals surface area contributed by atoms with Crippen molar-refractivity contribution in [1.29, 1.82) is 0 Å². The molecular formula is C22H17ClN2OS. The van der Waals surface area contributed by atoms with Crippen LogP contribution >= 0.6 is 23.4 Å². The van der Waals surface area contributed by atoms with Gasteiger partial charge in [-0.05, 0) is 48.9 Å². The Morgan fingerprint density at radius 3 is 2.41 bits per heavy atom. The van der Waals surface area contributed by atoms with Crippen molar-refractivity contribution in [2.45, 2.75) is 17.8 Å². The summed E-state index contributed by atoms with van der Waals surface area (Å²) in [5.41, 5.74) is 3.76. The summed E-state index contributed by atoms with van der Waals surface area (Å²) >= 11 is 7.51. The monoisotopic (exact) mass is 392 g/mol. The Balaban J connectivity index is 1.81. The number of halogens is 1. The lowest BCUT2D eigenvalue weighted by Gasteiger charge is -2.13. The normalized spacial score (nSPS) is 11.0. The molecule has 0 fully saturated rings. The number of aryl methyl sites for hydroxylation is 1. The molecule has 0 aliphatic rings. The van der Waals surface area contributed by atoms with E-state index in [1.807, 2.05) is 79.7 Å². The molecular weight excluding hydrogens is 376 g/mol. The fourth-order valence-corrected chi connectivity index (χ4v) is 3.95. The molecule has 0 saturated carbocycles. The summed E-state index contributed by atoms with van der Waals surface area (Å²) in [7, 11) is 0. The number of hydrogen-bond acceptors (Lipinski definition) is 3. The molecule has 1 heterocycles. The zero-order valence-corrected chi connectivity index (χ0v) is 16.3. The van der Waals surface area contributed by atoms with E-state index >= 15 is 0 Å². The number of rotatable bonds is 4. The van der Waals surface area contributed by atoms with Gasteiger partial charge in [0.25, 0.3) is 5.56 Å². The second-order valence-corrected chi connectivity index (χ2v) is 7.68. The van der Waals surface area contributed by atoms with Crippen LogP contribution in [0.5, 0.6) is 0 Å². The van der Waals surface area contributed by atoms with Gasteiger partial charge in [-0.15, -0.1) is 0 Å². The van der Waals surface area contributed by atoms with Gasteiger partial charge in [0.15, 0.2) is 5.16 Å². The van der Waals surface area contributed by atoms with Crippen molar-refractivity contribution < 1.29 is 0 Å². The van der Waals surface area contributed by atoms with E-state index in [4.69, 9.17) is 16.6 Å². The van der Waals surface area contributed by atoms with Crippen LogP contribution in [0.3, 0.4) is 0 Å². The number of fused-ring (bicyclic) bond motifs is 1. The number of para-hydroxylation sites is 1. The first-order valence-electron chi connectivity index (χ1n) is 8.58. The van der Waals surface area contributed by atoms with Gasteiger partial charge in [-0.2, -0.15) is 0 Å². The van der Waals surface area contributed by atoms with Crippen LogP contribution in [0.1, 0.15) is 11.1 Å². The Morgan fingerprint density at radius 2 is 1.67 bits per heavy atom.